The van der Waals surface area contributed by atoms with Crippen molar-refractivity contribution in [2.75, 3.05) is 39.8 Å². The zero-order valence-electron chi connectivity index (χ0n) is 20.3. The number of amides is 3. The van der Waals surface area contributed by atoms with Crippen molar-refractivity contribution in [3.8, 4) is 0 Å². The average molecular weight is 478 g/mol. The lowest BCUT2D eigenvalue weighted by Crippen LogP contribution is -2.55. The number of nitrogens with zero attached hydrogens (tertiary/aromatic N) is 3. The van der Waals surface area contributed by atoms with Crippen LogP contribution < -0.4 is 0 Å². The minimum Gasteiger partial charge on any atom is -0.395 e. The summed E-state index contributed by atoms with van der Waals surface area (Å²) in [4.78, 5) is 46.3. The maximum absolute atomic E-state index is 14.0. The van der Waals surface area contributed by atoms with Crippen LogP contribution in [0.2, 0.25) is 0 Å². The van der Waals surface area contributed by atoms with Crippen LogP contribution in [0.15, 0.2) is 25.3 Å². The summed E-state index contributed by atoms with van der Waals surface area (Å²) in [6.07, 6.45) is 7.88. The second-order valence-electron chi connectivity index (χ2n) is 9.77. The molecule has 3 amide bonds. The van der Waals surface area contributed by atoms with Gasteiger partial charge in [-0.25, -0.2) is 0 Å². The van der Waals surface area contributed by atoms with Gasteiger partial charge >= 0.3 is 0 Å². The van der Waals surface area contributed by atoms with Gasteiger partial charge in [0.1, 0.15) is 6.04 Å². The standard InChI is InChI=1S/C25H39N3O4S/c1-6-9-10-15-27(14-8-3)23(32)20-25-12-11-24(4,33-25)18(21(30)26(5)13-7-2)19(25)22(31)28(20)16-17-29/h7-8,18-20,29H,2-3,6,9-17H2,1,4-5H3/t18-,19+,20?,24+,25?/m1/s1. The third-order valence-electron chi connectivity index (χ3n) is 7.59. The molecule has 2 unspecified atom stereocenters. The van der Waals surface area contributed by atoms with Crippen LogP contribution in [-0.4, -0.2) is 92.9 Å². The Hall–Kier alpha value is -1.80. The monoisotopic (exact) mass is 477 g/mol. The molecule has 3 fully saturated rings. The van der Waals surface area contributed by atoms with Gasteiger partial charge in [0.15, 0.2) is 0 Å². The van der Waals surface area contributed by atoms with Crippen LogP contribution in [-0.2, 0) is 14.4 Å². The first-order chi connectivity index (χ1) is 15.7. The fourth-order valence-electron chi connectivity index (χ4n) is 6.12. The van der Waals surface area contributed by atoms with Gasteiger partial charge in [0.2, 0.25) is 17.7 Å². The summed E-state index contributed by atoms with van der Waals surface area (Å²) < 4.78 is -1.03. The number of carbonyl (C=O) groups excluding carboxylic acids is 3. The molecule has 33 heavy (non-hydrogen) atoms. The number of thioether (sulfide) groups is 1. The predicted octanol–water partition coefficient (Wildman–Crippen LogP) is 2.31. The van der Waals surface area contributed by atoms with E-state index in [1.165, 1.54) is 0 Å². The molecule has 8 heteroatoms. The van der Waals surface area contributed by atoms with Gasteiger partial charge in [-0.2, -0.15) is 0 Å². The highest BCUT2D eigenvalue weighted by atomic mass is 32.2. The van der Waals surface area contributed by atoms with Gasteiger partial charge < -0.3 is 19.8 Å². The van der Waals surface area contributed by atoms with Crippen LogP contribution in [0.3, 0.4) is 0 Å². The topological polar surface area (TPSA) is 81.2 Å². The molecular weight excluding hydrogens is 438 g/mol. The number of unbranched alkanes of at least 4 members (excludes halogenated alkanes) is 2. The Kier molecular flexibility index (Phi) is 7.99. The number of β-amino-alcohol motifs (C(OH)–C–C–N with tert-alkyl or cyclic N) is 1. The maximum atomic E-state index is 14.0. The minimum atomic E-state index is -0.668. The highest BCUT2D eigenvalue weighted by Crippen LogP contribution is 2.71. The summed E-state index contributed by atoms with van der Waals surface area (Å²) >= 11 is 1.67. The van der Waals surface area contributed by atoms with E-state index in [1.54, 1.807) is 45.7 Å². The summed E-state index contributed by atoms with van der Waals surface area (Å²) in [5.41, 5.74) is 0. The van der Waals surface area contributed by atoms with Gasteiger partial charge in [0.25, 0.3) is 0 Å². The Bertz CT molecular complexity index is 805. The third kappa shape index (κ3) is 4.25. The van der Waals surface area contributed by atoms with Crippen LogP contribution in [0, 0.1) is 11.8 Å². The summed E-state index contributed by atoms with van der Waals surface area (Å²) in [7, 11) is 1.74. The molecule has 2 bridgehead atoms. The van der Waals surface area contributed by atoms with Crippen molar-refractivity contribution in [3.63, 3.8) is 0 Å². The molecule has 7 nitrogen and oxygen atoms in total. The Balaban J connectivity index is 2.00. The highest BCUT2D eigenvalue weighted by molar-refractivity contribution is 8.02. The zero-order valence-corrected chi connectivity index (χ0v) is 21.1. The number of hydrogen-bond donors (Lipinski definition) is 1. The van der Waals surface area contributed by atoms with Gasteiger partial charge in [-0.05, 0) is 26.2 Å². The van der Waals surface area contributed by atoms with Crippen molar-refractivity contribution in [2.24, 2.45) is 11.8 Å². The van der Waals surface area contributed by atoms with Crippen LogP contribution in [0.25, 0.3) is 0 Å². The van der Waals surface area contributed by atoms with Crippen molar-refractivity contribution in [2.45, 2.75) is 61.5 Å². The molecule has 3 saturated heterocycles. The SMILES string of the molecule is C=CCN(C)C(=O)[C@H]1[C@H]2C(=O)N(CCO)C(C(=O)N(CC=C)CCCCC)C23CC[C@]1(C)S3. The number of carbonyl (C=O) groups is 3. The first-order valence-electron chi connectivity index (χ1n) is 12.1. The molecule has 3 aliphatic rings. The second-order valence-corrected chi connectivity index (χ2v) is 11.7. The van der Waals surface area contributed by atoms with Crippen molar-refractivity contribution >= 4 is 29.5 Å². The quantitative estimate of drug-likeness (QED) is 0.345. The van der Waals surface area contributed by atoms with E-state index in [4.69, 9.17) is 0 Å². The average Bonchev–Trinajstić information content (AvgIpc) is 3.34. The van der Waals surface area contributed by atoms with Crippen LogP contribution in [0.5, 0.6) is 0 Å². The van der Waals surface area contributed by atoms with E-state index >= 15 is 0 Å². The second kappa shape index (κ2) is 10.2. The van der Waals surface area contributed by atoms with Crippen molar-refractivity contribution in [1.82, 2.24) is 14.7 Å². The number of rotatable bonds is 12. The first kappa shape index (κ1) is 25.8. The van der Waals surface area contributed by atoms with E-state index in [9.17, 15) is 19.5 Å². The van der Waals surface area contributed by atoms with Gasteiger partial charge in [-0.1, -0.05) is 31.9 Å². The van der Waals surface area contributed by atoms with Crippen molar-refractivity contribution in [1.29, 1.82) is 0 Å². The Morgan fingerprint density at radius 3 is 2.52 bits per heavy atom. The molecule has 5 atom stereocenters. The van der Waals surface area contributed by atoms with E-state index in [0.717, 1.165) is 32.1 Å². The lowest BCUT2D eigenvalue weighted by atomic mass is 9.66. The molecule has 1 N–H and O–H groups in total. The summed E-state index contributed by atoms with van der Waals surface area (Å²) in [5, 5.41) is 9.75. The number of likely N-dealkylation sites (tertiary alicyclic amines) is 1. The predicted molar refractivity (Wildman–Crippen MR) is 132 cm³/mol. The number of aliphatic hydroxyl groups is 1. The fourth-order valence-corrected chi connectivity index (χ4v) is 8.47. The molecule has 0 aromatic carbocycles. The summed E-state index contributed by atoms with van der Waals surface area (Å²) in [6.45, 7) is 13.1. The number of likely N-dealkylation sites (N-methyl/N-ethyl adjacent to an activating group) is 1. The summed E-state index contributed by atoms with van der Waals surface area (Å²) in [6, 6.07) is -0.668. The van der Waals surface area contributed by atoms with Crippen LogP contribution in [0.4, 0.5) is 0 Å². The molecule has 0 aliphatic carbocycles. The van der Waals surface area contributed by atoms with E-state index in [0.29, 0.717) is 19.6 Å². The fraction of sp³-hybridized carbons (Fsp3) is 0.720. The van der Waals surface area contributed by atoms with Gasteiger partial charge in [0.05, 0.1) is 23.2 Å². The minimum absolute atomic E-state index is 0.0623. The van der Waals surface area contributed by atoms with Crippen LogP contribution in [0.1, 0.15) is 46.0 Å². The van der Waals surface area contributed by atoms with Crippen LogP contribution >= 0.6 is 11.8 Å². The Labute approximate surface area is 202 Å². The normalized spacial score (nSPS) is 32.1. The molecule has 0 saturated carbocycles. The molecule has 0 aromatic rings. The van der Waals surface area contributed by atoms with E-state index < -0.39 is 22.6 Å². The van der Waals surface area contributed by atoms with E-state index in [1.807, 2.05) is 0 Å². The molecular formula is C25H39N3O4S. The Morgan fingerprint density at radius 2 is 1.91 bits per heavy atom. The number of aliphatic hydroxyl groups excluding tert-OH is 1. The molecule has 3 heterocycles. The first-order valence-corrected chi connectivity index (χ1v) is 12.9. The molecule has 0 aromatic heterocycles. The largest absolute Gasteiger partial charge is 0.395 e. The molecule has 184 valence electrons. The summed E-state index contributed by atoms with van der Waals surface area (Å²) in [5.74, 6) is -1.36. The van der Waals surface area contributed by atoms with Gasteiger partial charge in [-0.15, -0.1) is 24.9 Å². The Morgan fingerprint density at radius 1 is 1.21 bits per heavy atom. The van der Waals surface area contributed by atoms with Crippen molar-refractivity contribution < 1.29 is 19.5 Å². The van der Waals surface area contributed by atoms with E-state index in [2.05, 4.69) is 27.0 Å². The molecule has 3 aliphatic heterocycles. The van der Waals surface area contributed by atoms with Gasteiger partial charge in [-0.3, -0.25) is 14.4 Å². The number of hydrogen-bond acceptors (Lipinski definition) is 5. The molecule has 1 spiro atoms. The smallest absolute Gasteiger partial charge is 0.247 e. The molecule has 3 rings (SSSR count). The maximum Gasteiger partial charge on any atom is 0.247 e. The molecule has 0 radical (unpaired) electrons. The van der Waals surface area contributed by atoms with Crippen molar-refractivity contribution in [3.05, 3.63) is 25.3 Å². The lowest BCUT2D eigenvalue weighted by molar-refractivity contribution is -0.145. The van der Waals surface area contributed by atoms with Gasteiger partial charge in [0, 0.05) is 38.0 Å². The van der Waals surface area contributed by atoms with E-state index in [-0.39, 0.29) is 35.6 Å². The lowest BCUT2D eigenvalue weighted by Gasteiger charge is -2.37. The zero-order chi connectivity index (χ0) is 24.4. The highest BCUT2D eigenvalue weighted by Gasteiger charge is 2.77. The number of fused-ring (bicyclic) bond motifs is 1. The third-order valence-corrected chi connectivity index (χ3v) is 9.58.